The Bertz CT molecular complexity index is 1310. The van der Waals surface area contributed by atoms with Crippen molar-refractivity contribution in [3.63, 3.8) is 0 Å². The molecule has 0 rings (SSSR count). The number of ether oxygens (including phenoxy) is 2. The fourth-order valence-electron chi connectivity index (χ4n) is 6.96. The van der Waals surface area contributed by atoms with Crippen LogP contribution in [0.4, 0.5) is 0 Å². The van der Waals surface area contributed by atoms with Crippen LogP contribution in [0.25, 0.3) is 0 Å². The lowest BCUT2D eigenvalue weighted by molar-refractivity contribution is -0.153. The highest BCUT2D eigenvalue weighted by Crippen LogP contribution is 2.43. The summed E-state index contributed by atoms with van der Waals surface area (Å²) in [5.74, 6) is -1.03. The van der Waals surface area contributed by atoms with Crippen LogP contribution in [-0.2, 0) is 32.7 Å². The van der Waals surface area contributed by atoms with Crippen molar-refractivity contribution in [2.24, 2.45) is 0 Å². The molecule has 0 bridgehead atoms. The van der Waals surface area contributed by atoms with E-state index in [1.54, 1.807) is 0 Å². The third-order valence-electron chi connectivity index (χ3n) is 10.9. The monoisotopic (exact) mass is 935 g/mol. The van der Waals surface area contributed by atoms with Crippen molar-refractivity contribution in [3.05, 3.63) is 72.9 Å². The summed E-state index contributed by atoms with van der Waals surface area (Å²) < 4.78 is 32.7. The number of phosphoric ester groups is 1. The number of aliphatic hydroxyl groups excluding tert-OH is 2. The molecule has 0 saturated carbocycles. The first-order valence-corrected chi connectivity index (χ1v) is 27.4. The quantitative estimate of drug-likeness (QED) is 0.0233. The second kappa shape index (κ2) is 49.3. The number of esters is 2. The maximum Gasteiger partial charge on any atom is 0.472 e. The zero-order valence-corrected chi connectivity index (χ0v) is 42.1. The van der Waals surface area contributed by atoms with Crippen LogP contribution < -0.4 is 0 Å². The molecule has 376 valence electrons. The first-order chi connectivity index (χ1) is 31.8. The molecule has 3 N–H and O–H groups in total. The highest BCUT2D eigenvalue weighted by Gasteiger charge is 2.27. The number of allylic oxidation sites excluding steroid dienone is 12. The number of aliphatic hydroxyl groups is 2. The normalized spacial score (nSPS) is 14.2. The van der Waals surface area contributed by atoms with Gasteiger partial charge in [-0.1, -0.05) is 196 Å². The fourth-order valence-corrected chi connectivity index (χ4v) is 7.74. The maximum absolute atomic E-state index is 12.4. The van der Waals surface area contributed by atoms with Crippen LogP contribution in [0, 0.1) is 0 Å². The van der Waals surface area contributed by atoms with Crippen LogP contribution in [0.2, 0.25) is 0 Å². The third-order valence-corrected chi connectivity index (χ3v) is 11.9. The molecule has 0 saturated heterocycles. The number of hydrogen-bond acceptors (Lipinski definition) is 9. The van der Waals surface area contributed by atoms with Crippen LogP contribution in [0.1, 0.15) is 219 Å². The zero-order chi connectivity index (χ0) is 47.6. The minimum atomic E-state index is -4.65. The number of hydrogen-bond donors (Lipinski definition) is 3. The Morgan fingerprint density at radius 1 is 0.431 bits per heavy atom. The smallest absolute Gasteiger partial charge is 0.457 e. The molecule has 0 aromatic heterocycles. The van der Waals surface area contributed by atoms with E-state index in [0.717, 1.165) is 83.5 Å². The van der Waals surface area contributed by atoms with Crippen LogP contribution in [-0.4, -0.2) is 65.7 Å². The standard InChI is InChI=1S/C54H95O10P/c1-3-5-7-9-11-13-15-17-19-21-23-24-25-26-28-30-32-34-36-38-40-42-44-46-54(58)64-52(48-56)50-62-65(59,60)61-49-51(47-55)63-53(57)45-43-41-39-37-35-33-31-29-27-22-20-18-16-14-12-10-8-6-4-2/h5,7,11-14,17-20,23-24,51-52,55-56H,3-4,6,8-10,15-16,21-22,25-50H2,1-2H3,(H,59,60)/b7-5-,13-11-,14-12-,19-17-,20-18-,24-23-. The topological polar surface area (TPSA) is 149 Å². The van der Waals surface area contributed by atoms with E-state index >= 15 is 0 Å². The predicted octanol–water partition coefficient (Wildman–Crippen LogP) is 14.8. The van der Waals surface area contributed by atoms with Gasteiger partial charge in [0.05, 0.1) is 26.4 Å². The highest BCUT2D eigenvalue weighted by atomic mass is 31.2. The Hall–Kier alpha value is -2.59. The van der Waals surface area contributed by atoms with Gasteiger partial charge in [-0.3, -0.25) is 18.6 Å². The Labute approximate surface area is 397 Å². The van der Waals surface area contributed by atoms with Gasteiger partial charge in [0.2, 0.25) is 0 Å². The van der Waals surface area contributed by atoms with Crippen molar-refractivity contribution in [2.45, 2.75) is 232 Å². The van der Waals surface area contributed by atoms with Gasteiger partial charge in [-0.25, -0.2) is 4.57 Å². The van der Waals surface area contributed by atoms with Crippen molar-refractivity contribution in [2.75, 3.05) is 26.4 Å². The summed E-state index contributed by atoms with van der Waals surface area (Å²) in [6.07, 6.45) is 58.7. The van der Waals surface area contributed by atoms with Gasteiger partial charge < -0.3 is 24.6 Å². The van der Waals surface area contributed by atoms with Crippen molar-refractivity contribution in [1.29, 1.82) is 0 Å². The van der Waals surface area contributed by atoms with Gasteiger partial charge in [0.15, 0.2) is 0 Å². The van der Waals surface area contributed by atoms with Gasteiger partial charge in [-0.15, -0.1) is 0 Å². The van der Waals surface area contributed by atoms with Crippen LogP contribution >= 0.6 is 7.82 Å². The molecule has 0 aliphatic carbocycles. The molecule has 0 aromatic rings. The lowest BCUT2D eigenvalue weighted by Crippen LogP contribution is -2.28. The van der Waals surface area contributed by atoms with Gasteiger partial charge in [-0.2, -0.15) is 0 Å². The van der Waals surface area contributed by atoms with E-state index in [0.29, 0.717) is 12.8 Å². The zero-order valence-electron chi connectivity index (χ0n) is 41.2. The summed E-state index contributed by atoms with van der Waals surface area (Å²) in [4.78, 5) is 34.7. The van der Waals surface area contributed by atoms with Gasteiger partial charge in [-0.05, 0) is 83.5 Å². The minimum Gasteiger partial charge on any atom is -0.457 e. The molecule has 0 spiro atoms. The first kappa shape index (κ1) is 62.4. The number of phosphoric acid groups is 1. The average Bonchev–Trinajstić information content (AvgIpc) is 3.30. The molecule has 3 atom stereocenters. The number of rotatable bonds is 48. The molecule has 0 fully saturated rings. The molecular formula is C54H95O10P. The van der Waals surface area contributed by atoms with Gasteiger partial charge in [0, 0.05) is 12.8 Å². The van der Waals surface area contributed by atoms with Crippen molar-refractivity contribution < 1.29 is 47.8 Å². The number of carbonyl (C=O) groups is 2. The van der Waals surface area contributed by atoms with Crippen LogP contribution in [0.3, 0.4) is 0 Å². The Morgan fingerprint density at radius 3 is 1.05 bits per heavy atom. The molecule has 0 amide bonds. The summed E-state index contributed by atoms with van der Waals surface area (Å²) in [6.45, 7) is 2.08. The first-order valence-electron chi connectivity index (χ1n) is 25.9. The van der Waals surface area contributed by atoms with E-state index in [2.05, 4.69) is 86.8 Å². The van der Waals surface area contributed by atoms with Gasteiger partial charge in [0.1, 0.15) is 12.2 Å². The minimum absolute atomic E-state index is 0.184. The molecule has 0 aliphatic rings. The van der Waals surface area contributed by atoms with Crippen molar-refractivity contribution in [1.82, 2.24) is 0 Å². The molecule has 11 heteroatoms. The molecule has 0 aliphatic heterocycles. The van der Waals surface area contributed by atoms with E-state index in [-0.39, 0.29) is 12.8 Å². The Kier molecular flexibility index (Phi) is 47.4. The summed E-state index contributed by atoms with van der Waals surface area (Å²) in [5, 5.41) is 19.3. The third kappa shape index (κ3) is 47.7. The van der Waals surface area contributed by atoms with E-state index in [4.69, 9.17) is 18.5 Å². The van der Waals surface area contributed by atoms with E-state index < -0.39 is 58.4 Å². The van der Waals surface area contributed by atoms with E-state index in [9.17, 15) is 29.3 Å². The van der Waals surface area contributed by atoms with Crippen LogP contribution in [0.5, 0.6) is 0 Å². The molecule has 3 unspecified atom stereocenters. The van der Waals surface area contributed by atoms with Gasteiger partial charge >= 0.3 is 19.8 Å². The molecule has 65 heavy (non-hydrogen) atoms. The summed E-state index contributed by atoms with van der Waals surface area (Å²) in [6, 6.07) is 0. The van der Waals surface area contributed by atoms with Gasteiger partial charge in [0.25, 0.3) is 0 Å². The SMILES string of the molecule is CC/C=C\C/C=C\C/C=C\C/C=C\CCCCCCCCCCCCC(=O)OC(CO)COP(=O)(O)OCC(CO)OC(=O)CCCCCCCCCCC/C=C\C/C=C\CCCCC. The largest absolute Gasteiger partial charge is 0.472 e. The van der Waals surface area contributed by atoms with Crippen molar-refractivity contribution in [3.8, 4) is 0 Å². The number of unbranched alkanes of at least 4 members (excludes halogenated alkanes) is 22. The lowest BCUT2D eigenvalue weighted by Gasteiger charge is -2.20. The summed E-state index contributed by atoms with van der Waals surface area (Å²) in [5.41, 5.74) is 0. The second-order valence-electron chi connectivity index (χ2n) is 17.1. The maximum atomic E-state index is 12.4. The van der Waals surface area contributed by atoms with E-state index in [1.165, 1.54) is 96.3 Å². The Morgan fingerprint density at radius 2 is 0.723 bits per heavy atom. The predicted molar refractivity (Wildman–Crippen MR) is 270 cm³/mol. The summed E-state index contributed by atoms with van der Waals surface area (Å²) in [7, 11) is -4.65. The molecule has 0 radical (unpaired) electrons. The molecule has 0 heterocycles. The molecular weight excluding hydrogens is 840 g/mol. The second-order valence-corrected chi connectivity index (χ2v) is 18.6. The average molecular weight is 935 g/mol. The van der Waals surface area contributed by atoms with E-state index in [1.807, 2.05) is 0 Å². The van der Waals surface area contributed by atoms with Crippen molar-refractivity contribution >= 4 is 19.8 Å². The summed E-state index contributed by atoms with van der Waals surface area (Å²) >= 11 is 0. The fraction of sp³-hybridized carbons (Fsp3) is 0.741. The molecule has 10 nitrogen and oxygen atoms in total. The highest BCUT2D eigenvalue weighted by molar-refractivity contribution is 7.47. The molecule has 0 aromatic carbocycles. The van der Waals surface area contributed by atoms with Crippen LogP contribution in [0.15, 0.2) is 72.9 Å². The number of carbonyl (C=O) groups excluding carboxylic acids is 2. The lowest BCUT2D eigenvalue weighted by atomic mass is 10.0. The Balaban J connectivity index is 3.85.